The van der Waals surface area contributed by atoms with Crippen LogP contribution in [-0.2, 0) is 10.0 Å². The van der Waals surface area contributed by atoms with Crippen molar-refractivity contribution in [2.24, 2.45) is 0 Å². The second-order valence-corrected chi connectivity index (χ2v) is 8.86. The number of likely N-dealkylation sites (N-methyl/N-ethyl adjacent to an activating group) is 1. The fraction of sp³-hybridized carbons (Fsp3) is 0.588. The Bertz CT molecular complexity index is 725. The zero-order chi connectivity index (χ0) is 17.3. The molecular weight excluding hydrogens is 326 g/mol. The molecule has 0 aliphatic carbocycles. The summed E-state index contributed by atoms with van der Waals surface area (Å²) in [5.74, 6) is 0.246. The van der Waals surface area contributed by atoms with Gasteiger partial charge >= 0.3 is 0 Å². The first-order chi connectivity index (χ1) is 11.4. The summed E-state index contributed by atoms with van der Waals surface area (Å²) in [7, 11) is -1.08. The molecule has 1 aromatic carbocycles. The highest BCUT2D eigenvalue weighted by atomic mass is 32.2. The molecular formula is C17H26N3O3S+. The molecule has 0 atom stereocenters. The molecule has 0 unspecified atom stereocenters. The molecule has 2 saturated heterocycles. The number of nitrogens with one attached hydrogen (secondary N) is 1. The highest BCUT2D eigenvalue weighted by Crippen LogP contribution is 2.27. The van der Waals surface area contributed by atoms with E-state index in [2.05, 4.69) is 7.05 Å². The Kier molecular flexibility index (Phi) is 4.83. The summed E-state index contributed by atoms with van der Waals surface area (Å²) in [5, 5.41) is 0. The normalized spacial score (nSPS) is 21.8. The molecule has 1 N–H and O–H groups in total. The van der Waals surface area contributed by atoms with Gasteiger partial charge in [-0.05, 0) is 43.5 Å². The Morgan fingerprint density at radius 3 is 2.46 bits per heavy atom. The van der Waals surface area contributed by atoms with Crippen LogP contribution >= 0.6 is 0 Å². The van der Waals surface area contributed by atoms with Crippen LogP contribution in [-0.4, -0.2) is 64.7 Å². The molecule has 7 heteroatoms. The van der Waals surface area contributed by atoms with Crippen molar-refractivity contribution in [1.82, 2.24) is 4.90 Å². The van der Waals surface area contributed by atoms with Crippen LogP contribution in [0, 0.1) is 6.92 Å². The number of carbonyl (C=O) groups excluding carboxylic acids is 1. The van der Waals surface area contributed by atoms with Crippen LogP contribution in [0.5, 0.6) is 0 Å². The summed E-state index contributed by atoms with van der Waals surface area (Å²) in [5.41, 5.74) is 2.19. The minimum atomic E-state index is -3.22. The van der Waals surface area contributed by atoms with Gasteiger partial charge in [0.1, 0.15) is 0 Å². The van der Waals surface area contributed by atoms with E-state index >= 15 is 0 Å². The lowest BCUT2D eigenvalue weighted by Crippen LogP contribution is -3.12. The second-order valence-electron chi connectivity index (χ2n) is 6.85. The third-order valence-corrected chi connectivity index (χ3v) is 6.82. The van der Waals surface area contributed by atoms with E-state index in [9.17, 15) is 13.2 Å². The van der Waals surface area contributed by atoms with E-state index in [1.54, 1.807) is 12.1 Å². The van der Waals surface area contributed by atoms with Crippen molar-refractivity contribution in [1.29, 1.82) is 0 Å². The van der Waals surface area contributed by atoms with Crippen molar-refractivity contribution >= 4 is 21.6 Å². The fourth-order valence-corrected chi connectivity index (χ4v) is 5.10. The minimum Gasteiger partial charge on any atom is -0.334 e. The predicted octanol–water partition coefficient (Wildman–Crippen LogP) is -0.104. The van der Waals surface area contributed by atoms with Crippen LogP contribution in [0.25, 0.3) is 0 Å². The maximum atomic E-state index is 12.7. The van der Waals surface area contributed by atoms with Crippen LogP contribution < -0.4 is 9.21 Å². The molecule has 0 radical (unpaired) electrons. The average molecular weight is 352 g/mol. The molecule has 0 saturated carbocycles. The SMILES string of the molecule is Cc1cc(C(=O)N2CC[NH+](C)CC2)ccc1N1CCCCS1(=O)=O. The molecule has 6 nitrogen and oxygen atoms in total. The van der Waals surface area contributed by atoms with E-state index in [1.165, 1.54) is 9.21 Å². The Morgan fingerprint density at radius 2 is 1.83 bits per heavy atom. The van der Waals surface area contributed by atoms with Crippen molar-refractivity contribution in [2.45, 2.75) is 19.8 Å². The van der Waals surface area contributed by atoms with E-state index in [4.69, 9.17) is 0 Å². The molecule has 1 aromatic rings. The van der Waals surface area contributed by atoms with Gasteiger partial charge in [-0.1, -0.05) is 0 Å². The first-order valence-electron chi connectivity index (χ1n) is 8.60. The lowest BCUT2D eigenvalue weighted by molar-refractivity contribution is -0.883. The van der Waals surface area contributed by atoms with Gasteiger partial charge < -0.3 is 9.80 Å². The topological polar surface area (TPSA) is 62.1 Å². The molecule has 1 amide bonds. The molecule has 0 aromatic heterocycles. The smallest absolute Gasteiger partial charge is 0.254 e. The number of anilines is 1. The molecule has 2 aliphatic heterocycles. The predicted molar refractivity (Wildman–Crippen MR) is 94.1 cm³/mol. The zero-order valence-corrected chi connectivity index (χ0v) is 15.2. The van der Waals surface area contributed by atoms with Crippen LogP contribution in [0.2, 0.25) is 0 Å². The molecule has 2 heterocycles. The monoisotopic (exact) mass is 352 g/mol. The number of carbonyl (C=O) groups is 1. The Balaban J connectivity index is 1.81. The number of quaternary nitrogens is 1. The van der Waals surface area contributed by atoms with E-state index in [-0.39, 0.29) is 11.7 Å². The number of sulfonamides is 1. The zero-order valence-electron chi connectivity index (χ0n) is 14.4. The maximum absolute atomic E-state index is 12.7. The van der Waals surface area contributed by atoms with Crippen LogP contribution in [0.1, 0.15) is 28.8 Å². The standard InChI is InChI=1S/C17H25N3O3S/c1-14-13-15(17(21)19-10-8-18(2)9-11-19)5-6-16(14)20-7-3-4-12-24(20,22)23/h5-6,13H,3-4,7-12H2,1-2H3/p+1. The quantitative estimate of drug-likeness (QED) is 0.808. The van der Waals surface area contributed by atoms with Crippen LogP contribution in [0.3, 0.4) is 0 Å². The van der Waals surface area contributed by atoms with Gasteiger partial charge in [-0.25, -0.2) is 8.42 Å². The summed E-state index contributed by atoms with van der Waals surface area (Å²) in [6.45, 7) is 5.88. The van der Waals surface area contributed by atoms with E-state index in [0.717, 1.165) is 44.6 Å². The number of nitrogens with zero attached hydrogens (tertiary/aromatic N) is 2. The van der Waals surface area contributed by atoms with E-state index in [0.29, 0.717) is 17.8 Å². The largest absolute Gasteiger partial charge is 0.334 e. The van der Waals surface area contributed by atoms with Gasteiger partial charge in [0, 0.05) is 12.1 Å². The summed E-state index contributed by atoms with van der Waals surface area (Å²) in [6, 6.07) is 5.37. The number of hydrogen-bond donors (Lipinski definition) is 1. The number of piperazine rings is 1. The summed E-state index contributed by atoms with van der Waals surface area (Å²) < 4.78 is 26.1. The van der Waals surface area contributed by atoms with Gasteiger partial charge in [-0.2, -0.15) is 0 Å². The van der Waals surface area contributed by atoms with Gasteiger partial charge in [0.15, 0.2) is 0 Å². The summed E-state index contributed by atoms with van der Waals surface area (Å²) >= 11 is 0. The van der Waals surface area contributed by atoms with Crippen molar-refractivity contribution in [3.8, 4) is 0 Å². The van der Waals surface area contributed by atoms with Crippen molar-refractivity contribution in [2.75, 3.05) is 49.8 Å². The van der Waals surface area contributed by atoms with E-state index < -0.39 is 10.0 Å². The number of benzene rings is 1. The fourth-order valence-electron chi connectivity index (χ4n) is 3.40. The Morgan fingerprint density at radius 1 is 1.12 bits per heavy atom. The van der Waals surface area contributed by atoms with Crippen molar-refractivity contribution in [3.05, 3.63) is 29.3 Å². The first kappa shape index (κ1) is 17.2. The Labute approximate surface area is 144 Å². The van der Waals surface area contributed by atoms with Crippen LogP contribution in [0.4, 0.5) is 5.69 Å². The number of rotatable bonds is 2. The molecule has 2 aliphatic rings. The van der Waals surface area contributed by atoms with Gasteiger partial charge in [-0.3, -0.25) is 9.10 Å². The van der Waals surface area contributed by atoms with E-state index in [1.807, 2.05) is 17.9 Å². The molecule has 3 rings (SSSR count). The third-order valence-electron chi connectivity index (χ3n) is 4.97. The number of amides is 1. The van der Waals surface area contributed by atoms with Crippen molar-refractivity contribution in [3.63, 3.8) is 0 Å². The van der Waals surface area contributed by atoms with Gasteiger partial charge in [0.25, 0.3) is 5.91 Å². The lowest BCUT2D eigenvalue weighted by Gasteiger charge is -2.31. The average Bonchev–Trinajstić information content (AvgIpc) is 2.55. The van der Waals surface area contributed by atoms with Gasteiger partial charge in [0.2, 0.25) is 10.0 Å². The molecule has 132 valence electrons. The third kappa shape index (κ3) is 3.42. The highest BCUT2D eigenvalue weighted by molar-refractivity contribution is 7.92. The number of hydrogen-bond acceptors (Lipinski definition) is 3. The van der Waals surface area contributed by atoms with Gasteiger partial charge in [0.05, 0.1) is 44.7 Å². The van der Waals surface area contributed by atoms with Crippen LogP contribution in [0.15, 0.2) is 18.2 Å². The van der Waals surface area contributed by atoms with Gasteiger partial charge in [-0.15, -0.1) is 0 Å². The first-order valence-corrected chi connectivity index (χ1v) is 10.2. The summed E-state index contributed by atoms with van der Waals surface area (Å²) in [6.07, 6.45) is 1.60. The number of aryl methyl sites for hydroxylation is 1. The van der Waals surface area contributed by atoms with Crippen molar-refractivity contribution < 1.29 is 18.1 Å². The maximum Gasteiger partial charge on any atom is 0.254 e. The molecule has 0 spiro atoms. The second kappa shape index (κ2) is 6.72. The molecule has 0 bridgehead atoms. The molecule has 2 fully saturated rings. The highest BCUT2D eigenvalue weighted by Gasteiger charge is 2.28. The minimum absolute atomic E-state index is 0.0404. The summed E-state index contributed by atoms with van der Waals surface area (Å²) in [4.78, 5) is 16.0. The lowest BCUT2D eigenvalue weighted by atomic mass is 10.1. The molecule has 24 heavy (non-hydrogen) atoms. The Hall–Kier alpha value is -1.60.